The highest BCUT2D eigenvalue weighted by molar-refractivity contribution is 5.90. The van der Waals surface area contributed by atoms with Crippen molar-refractivity contribution in [2.24, 2.45) is 0 Å². The Kier molecular flexibility index (Phi) is 3.92. The Morgan fingerprint density at radius 2 is 1.88 bits per heavy atom. The number of amides is 2. The summed E-state index contributed by atoms with van der Waals surface area (Å²) < 4.78 is 13.0. The van der Waals surface area contributed by atoms with E-state index in [1.54, 1.807) is 24.5 Å². The van der Waals surface area contributed by atoms with E-state index in [9.17, 15) is 14.3 Å². The molecule has 2 bridgehead atoms. The van der Waals surface area contributed by atoms with Crippen LogP contribution in [0.4, 0.5) is 14.9 Å². The van der Waals surface area contributed by atoms with Gasteiger partial charge in [-0.1, -0.05) is 6.07 Å². The number of aliphatic hydroxyl groups is 1. The van der Waals surface area contributed by atoms with Crippen molar-refractivity contribution >= 4 is 11.7 Å². The maximum Gasteiger partial charge on any atom is 0.322 e. The molecule has 4 rings (SSSR count). The van der Waals surface area contributed by atoms with E-state index in [1.807, 2.05) is 17.0 Å². The molecule has 2 amide bonds. The average Bonchev–Trinajstić information content (AvgIpc) is 2.90. The van der Waals surface area contributed by atoms with Gasteiger partial charge in [0.05, 0.1) is 5.60 Å². The number of fused-ring (bicyclic) bond motifs is 2. The summed E-state index contributed by atoms with van der Waals surface area (Å²) in [5.74, 6) is -0.336. The van der Waals surface area contributed by atoms with Crippen molar-refractivity contribution in [2.75, 3.05) is 5.32 Å². The first-order chi connectivity index (χ1) is 12.0. The molecule has 25 heavy (non-hydrogen) atoms. The summed E-state index contributed by atoms with van der Waals surface area (Å²) in [6.45, 7) is 0. The molecule has 130 valence electrons. The molecule has 2 aromatic rings. The molecule has 2 saturated heterocycles. The maximum absolute atomic E-state index is 13.0. The topological polar surface area (TPSA) is 65.5 Å². The molecule has 2 aliphatic heterocycles. The van der Waals surface area contributed by atoms with Crippen molar-refractivity contribution < 1.29 is 14.3 Å². The number of benzene rings is 1. The van der Waals surface area contributed by atoms with Gasteiger partial charge >= 0.3 is 6.03 Å². The van der Waals surface area contributed by atoms with Crippen LogP contribution < -0.4 is 5.32 Å². The lowest BCUT2D eigenvalue weighted by atomic mass is 9.81. The second-order valence-electron chi connectivity index (χ2n) is 6.91. The normalized spacial score (nSPS) is 28.0. The van der Waals surface area contributed by atoms with Gasteiger partial charge in [0.1, 0.15) is 5.82 Å². The second kappa shape index (κ2) is 6.11. The van der Waals surface area contributed by atoms with E-state index >= 15 is 0 Å². The van der Waals surface area contributed by atoms with Crippen LogP contribution in [0.15, 0.2) is 48.8 Å². The summed E-state index contributed by atoms with van der Waals surface area (Å²) in [4.78, 5) is 18.6. The van der Waals surface area contributed by atoms with Gasteiger partial charge in [0, 0.05) is 48.6 Å². The molecule has 2 aliphatic rings. The smallest absolute Gasteiger partial charge is 0.322 e. The van der Waals surface area contributed by atoms with Gasteiger partial charge in [0.25, 0.3) is 0 Å². The first kappa shape index (κ1) is 16.0. The summed E-state index contributed by atoms with van der Waals surface area (Å²) >= 11 is 0. The minimum absolute atomic E-state index is 0.00981. The molecule has 0 aliphatic carbocycles. The van der Waals surface area contributed by atoms with E-state index in [4.69, 9.17) is 0 Å². The third-order valence-corrected chi connectivity index (χ3v) is 5.30. The summed E-state index contributed by atoms with van der Waals surface area (Å²) in [7, 11) is 0. The Balaban J connectivity index is 1.50. The molecule has 0 saturated carbocycles. The molecule has 3 heterocycles. The third-order valence-electron chi connectivity index (χ3n) is 5.30. The molecular formula is C19H20FN3O2. The number of carbonyl (C=O) groups is 1. The zero-order chi connectivity index (χ0) is 17.4. The number of hydrogen-bond donors (Lipinski definition) is 2. The fourth-order valence-corrected chi connectivity index (χ4v) is 4.15. The standard InChI is InChI=1S/C19H20FN3O2/c20-14-3-5-15(6-4-14)22-18(24)23-16-7-8-17(23)11-19(25,10-16)13-2-1-9-21-12-13/h1-6,9,12,16-17,25H,7-8,10-11H2,(H,22,24). The number of pyridine rings is 1. The van der Waals surface area contributed by atoms with Crippen LogP contribution in [0.25, 0.3) is 0 Å². The number of halogens is 1. The molecule has 1 aromatic heterocycles. The van der Waals surface area contributed by atoms with Crippen molar-refractivity contribution in [3.8, 4) is 0 Å². The highest BCUT2D eigenvalue weighted by Crippen LogP contribution is 2.45. The van der Waals surface area contributed by atoms with Crippen molar-refractivity contribution in [3.05, 3.63) is 60.2 Å². The van der Waals surface area contributed by atoms with Crippen LogP contribution >= 0.6 is 0 Å². The van der Waals surface area contributed by atoms with Gasteiger partial charge < -0.3 is 15.3 Å². The molecule has 2 unspecified atom stereocenters. The van der Waals surface area contributed by atoms with Crippen LogP contribution in [0.5, 0.6) is 0 Å². The van der Waals surface area contributed by atoms with Gasteiger partial charge in [-0.2, -0.15) is 0 Å². The quantitative estimate of drug-likeness (QED) is 0.881. The molecule has 0 spiro atoms. The van der Waals surface area contributed by atoms with E-state index < -0.39 is 5.60 Å². The lowest BCUT2D eigenvalue weighted by Gasteiger charge is -2.43. The number of urea groups is 1. The minimum atomic E-state index is -0.938. The number of hydrogen-bond acceptors (Lipinski definition) is 3. The van der Waals surface area contributed by atoms with Crippen LogP contribution in [-0.4, -0.2) is 33.1 Å². The SMILES string of the molecule is O=C(Nc1ccc(F)cc1)N1C2CCC1CC(O)(c1cccnc1)C2. The van der Waals surface area contributed by atoms with Crippen molar-refractivity contribution in [1.82, 2.24) is 9.88 Å². The molecule has 2 atom stereocenters. The van der Waals surface area contributed by atoms with Gasteiger partial charge in [-0.25, -0.2) is 9.18 Å². The predicted molar refractivity (Wildman–Crippen MR) is 91.4 cm³/mol. The lowest BCUT2D eigenvalue weighted by Crippen LogP contribution is -2.53. The van der Waals surface area contributed by atoms with Gasteiger partial charge in [0.15, 0.2) is 0 Å². The molecule has 0 radical (unpaired) electrons. The lowest BCUT2D eigenvalue weighted by molar-refractivity contribution is -0.0424. The highest BCUT2D eigenvalue weighted by atomic mass is 19.1. The Morgan fingerprint density at radius 1 is 1.20 bits per heavy atom. The number of nitrogens with one attached hydrogen (secondary N) is 1. The highest BCUT2D eigenvalue weighted by Gasteiger charge is 2.50. The zero-order valence-corrected chi connectivity index (χ0v) is 13.7. The number of rotatable bonds is 2. The van der Waals surface area contributed by atoms with Crippen molar-refractivity contribution in [3.63, 3.8) is 0 Å². The van der Waals surface area contributed by atoms with Gasteiger partial charge in [-0.15, -0.1) is 0 Å². The zero-order valence-electron chi connectivity index (χ0n) is 13.7. The third kappa shape index (κ3) is 2.98. The van der Waals surface area contributed by atoms with Crippen molar-refractivity contribution in [2.45, 2.75) is 43.4 Å². The number of anilines is 1. The van der Waals surface area contributed by atoms with Gasteiger partial charge in [0.2, 0.25) is 0 Å². The fraction of sp³-hybridized carbons (Fsp3) is 0.368. The van der Waals surface area contributed by atoms with Crippen LogP contribution in [0.3, 0.4) is 0 Å². The van der Waals surface area contributed by atoms with E-state index in [2.05, 4.69) is 10.3 Å². The number of carbonyl (C=O) groups excluding carboxylic acids is 1. The number of nitrogens with zero attached hydrogens (tertiary/aromatic N) is 2. The summed E-state index contributed by atoms with van der Waals surface area (Å²) in [6, 6.07) is 9.24. The van der Waals surface area contributed by atoms with Gasteiger partial charge in [-0.05, 0) is 43.2 Å². The molecular weight excluding hydrogens is 321 g/mol. The van der Waals surface area contributed by atoms with Crippen LogP contribution in [0, 0.1) is 5.82 Å². The Hall–Kier alpha value is -2.47. The van der Waals surface area contributed by atoms with Crippen LogP contribution in [0.2, 0.25) is 0 Å². The van der Waals surface area contributed by atoms with E-state index in [-0.39, 0.29) is 23.9 Å². The summed E-state index contributed by atoms with van der Waals surface area (Å²) in [5.41, 5.74) is 0.441. The molecule has 1 aromatic carbocycles. The van der Waals surface area contributed by atoms with E-state index in [1.165, 1.54) is 12.1 Å². The van der Waals surface area contributed by atoms with Crippen LogP contribution in [0.1, 0.15) is 31.2 Å². The second-order valence-corrected chi connectivity index (χ2v) is 6.91. The molecule has 6 heteroatoms. The Labute approximate surface area is 145 Å². The number of aromatic nitrogens is 1. The van der Waals surface area contributed by atoms with Crippen molar-refractivity contribution in [1.29, 1.82) is 0 Å². The monoisotopic (exact) mass is 341 g/mol. The van der Waals surface area contributed by atoms with Crippen LogP contribution in [-0.2, 0) is 5.60 Å². The van der Waals surface area contributed by atoms with Gasteiger partial charge in [-0.3, -0.25) is 4.98 Å². The first-order valence-electron chi connectivity index (χ1n) is 8.53. The summed E-state index contributed by atoms with van der Waals surface area (Å²) in [5, 5.41) is 13.9. The average molecular weight is 341 g/mol. The Bertz CT molecular complexity index is 752. The van der Waals surface area contributed by atoms with E-state index in [0.717, 1.165) is 18.4 Å². The molecule has 2 N–H and O–H groups in total. The summed E-state index contributed by atoms with van der Waals surface area (Å²) in [6.07, 6.45) is 6.16. The largest absolute Gasteiger partial charge is 0.385 e. The first-order valence-corrected chi connectivity index (χ1v) is 8.53. The Morgan fingerprint density at radius 3 is 2.48 bits per heavy atom. The predicted octanol–water partition coefficient (Wildman–Crippen LogP) is 3.27. The van der Waals surface area contributed by atoms with E-state index in [0.29, 0.717) is 18.5 Å². The molecule has 5 nitrogen and oxygen atoms in total. The molecule has 2 fully saturated rings. The maximum atomic E-state index is 13.0. The number of piperidine rings is 1. The fourth-order valence-electron chi connectivity index (χ4n) is 4.15. The minimum Gasteiger partial charge on any atom is -0.385 e.